The lowest BCUT2D eigenvalue weighted by Gasteiger charge is -2.37. The van der Waals surface area contributed by atoms with Crippen LogP contribution < -0.4 is 0 Å². The van der Waals surface area contributed by atoms with Crippen LogP contribution in [-0.2, 0) is 16.3 Å². The van der Waals surface area contributed by atoms with Gasteiger partial charge in [0.15, 0.2) is 27.9 Å². The molecule has 26 heavy (non-hydrogen) atoms. The molecule has 2 aliphatic rings. The number of hydrogen-bond acceptors (Lipinski definition) is 4. The molecule has 0 amide bonds. The third kappa shape index (κ3) is 3.50. The fourth-order valence-electron chi connectivity index (χ4n) is 3.20. The van der Waals surface area contributed by atoms with E-state index in [9.17, 15) is 22.0 Å². The first-order valence-corrected chi connectivity index (χ1v) is 13.4. The van der Waals surface area contributed by atoms with Crippen molar-refractivity contribution in [2.24, 2.45) is 5.92 Å². The fourth-order valence-corrected chi connectivity index (χ4v) is 14.9. The van der Waals surface area contributed by atoms with Gasteiger partial charge in [0.25, 0.3) is 0 Å². The van der Waals surface area contributed by atoms with Crippen LogP contribution in [0.5, 0.6) is 0 Å². The molecule has 1 nitrogen and oxygen atoms in total. The summed E-state index contributed by atoms with van der Waals surface area (Å²) >= 11 is 7.27. The predicted molar refractivity (Wildman–Crippen MR) is 99.4 cm³/mol. The number of hydrogen-bond donors (Lipinski definition) is 0. The third-order valence-electron chi connectivity index (χ3n) is 4.82. The second-order valence-electron chi connectivity index (χ2n) is 6.75. The van der Waals surface area contributed by atoms with Crippen molar-refractivity contribution >= 4 is 39.2 Å². The third-order valence-corrected chi connectivity index (χ3v) is 13.8. The van der Waals surface area contributed by atoms with Gasteiger partial charge in [-0.05, 0) is 62.2 Å². The largest absolute Gasteiger partial charge is 0.329 e. The van der Waals surface area contributed by atoms with E-state index < -0.39 is 38.7 Å². The SMILES string of the molecule is C=C(C)[C@@H]1CC[C@@]2(C)S[P@@](=S)(Sc3c(F)c(F)c(F)c(F)c3F)O[C@@H]2C1. The molecule has 1 aromatic rings. The van der Waals surface area contributed by atoms with Crippen LogP contribution in [0.15, 0.2) is 17.0 Å². The van der Waals surface area contributed by atoms with Crippen molar-refractivity contribution < 1.29 is 26.5 Å². The van der Waals surface area contributed by atoms with E-state index in [0.717, 1.165) is 18.4 Å². The van der Waals surface area contributed by atoms with E-state index in [4.69, 9.17) is 16.3 Å². The highest BCUT2D eigenvalue weighted by atomic mass is 33.2. The van der Waals surface area contributed by atoms with Gasteiger partial charge in [-0.2, -0.15) is 0 Å². The highest BCUT2D eigenvalue weighted by Crippen LogP contribution is 2.82. The summed E-state index contributed by atoms with van der Waals surface area (Å²) in [5, 5.41) is 0. The summed E-state index contributed by atoms with van der Waals surface area (Å²) in [7, 11) is 0. The Hall–Kier alpha value is -0.0800. The first-order chi connectivity index (χ1) is 12.0. The van der Waals surface area contributed by atoms with Gasteiger partial charge < -0.3 is 4.52 Å². The molecule has 1 saturated heterocycles. The Balaban J connectivity index is 1.91. The van der Waals surface area contributed by atoms with Crippen LogP contribution >= 0.6 is 27.4 Å². The lowest BCUT2D eigenvalue weighted by Crippen LogP contribution is -2.39. The molecule has 0 aromatic heterocycles. The molecule has 144 valence electrons. The summed E-state index contributed by atoms with van der Waals surface area (Å²) in [5.74, 6) is -9.56. The smallest absolute Gasteiger partial charge is 0.200 e. The molecule has 0 spiro atoms. The van der Waals surface area contributed by atoms with Crippen molar-refractivity contribution in [1.29, 1.82) is 0 Å². The summed E-state index contributed by atoms with van der Waals surface area (Å²) in [6, 6.07) is 0. The Morgan fingerprint density at radius 2 is 1.73 bits per heavy atom. The fraction of sp³-hybridized carbons (Fsp3) is 0.500. The highest BCUT2D eigenvalue weighted by molar-refractivity contribution is 8.99. The minimum absolute atomic E-state index is 0.234. The average molecular weight is 446 g/mol. The Bertz CT molecular complexity index is 804. The van der Waals surface area contributed by atoms with Crippen molar-refractivity contribution in [2.75, 3.05) is 0 Å². The average Bonchev–Trinajstić information content (AvgIpc) is 2.84. The molecule has 0 bridgehead atoms. The molecule has 10 heteroatoms. The van der Waals surface area contributed by atoms with Crippen LogP contribution in [-0.4, -0.2) is 10.9 Å². The standard InChI is InChI=1S/C16H16F5OPS3/c1-7(2)8-4-5-16(3)9(6-8)22-23(24,26-16)25-15-13(20)11(18)10(17)12(19)14(15)21/h8-9H,1,4-6H2,2-3H3/t8-,9-,16-,23+/m1/s1. The molecular formula is C16H16F5OPS3. The van der Waals surface area contributed by atoms with Gasteiger partial charge in [0, 0.05) is 4.75 Å². The van der Waals surface area contributed by atoms with Crippen LogP contribution in [0.3, 0.4) is 0 Å². The molecule has 0 radical (unpaired) electrons. The summed E-state index contributed by atoms with van der Waals surface area (Å²) in [5.41, 5.74) is 1.04. The second kappa shape index (κ2) is 7.07. The van der Waals surface area contributed by atoms with Crippen LogP contribution in [0.25, 0.3) is 0 Å². The van der Waals surface area contributed by atoms with Gasteiger partial charge in [-0.25, -0.2) is 22.0 Å². The molecule has 0 N–H and O–H groups in total. The zero-order chi connectivity index (χ0) is 19.4. The molecule has 1 aliphatic carbocycles. The molecule has 1 aromatic carbocycles. The number of fused-ring (bicyclic) bond motifs is 1. The van der Waals surface area contributed by atoms with Crippen LogP contribution in [0.1, 0.15) is 33.1 Å². The summed E-state index contributed by atoms with van der Waals surface area (Å²) in [6.45, 7) is 7.88. The monoisotopic (exact) mass is 446 g/mol. The van der Waals surface area contributed by atoms with Crippen LogP contribution in [0.4, 0.5) is 22.0 Å². The Labute approximate surface area is 161 Å². The van der Waals surface area contributed by atoms with Crippen molar-refractivity contribution in [3.05, 3.63) is 41.2 Å². The van der Waals surface area contributed by atoms with Gasteiger partial charge in [0.05, 0.1) is 11.0 Å². The zero-order valence-corrected chi connectivity index (χ0v) is 17.3. The van der Waals surface area contributed by atoms with Crippen LogP contribution in [0, 0.1) is 35.0 Å². The van der Waals surface area contributed by atoms with E-state index in [-0.39, 0.29) is 16.8 Å². The summed E-state index contributed by atoms with van der Waals surface area (Å²) < 4.78 is 70.9. The van der Waals surface area contributed by atoms with Crippen molar-refractivity contribution in [3.8, 4) is 0 Å². The maximum absolute atomic E-state index is 14.0. The first kappa shape index (κ1) is 20.6. The van der Waals surface area contributed by atoms with Crippen molar-refractivity contribution in [2.45, 2.75) is 48.9 Å². The Kier molecular flexibility index (Phi) is 5.61. The predicted octanol–water partition coefficient (Wildman–Crippen LogP) is 6.97. The molecule has 1 saturated carbocycles. The number of benzene rings is 1. The zero-order valence-electron chi connectivity index (χ0n) is 14.0. The Morgan fingerprint density at radius 1 is 1.19 bits per heavy atom. The Morgan fingerprint density at radius 3 is 2.27 bits per heavy atom. The molecular weight excluding hydrogens is 430 g/mol. The first-order valence-electron chi connectivity index (χ1n) is 7.83. The van der Waals surface area contributed by atoms with E-state index >= 15 is 0 Å². The molecule has 2 fully saturated rings. The summed E-state index contributed by atoms with van der Waals surface area (Å²) in [4.78, 5) is -0.962. The quantitative estimate of drug-likeness (QED) is 0.163. The minimum atomic E-state index is -2.93. The van der Waals surface area contributed by atoms with Gasteiger partial charge >= 0.3 is 0 Å². The second-order valence-corrected chi connectivity index (χ2v) is 17.4. The van der Waals surface area contributed by atoms with Crippen LogP contribution in [0.2, 0.25) is 0 Å². The van der Waals surface area contributed by atoms with Crippen molar-refractivity contribution in [3.63, 3.8) is 0 Å². The molecule has 3 rings (SSSR count). The molecule has 0 unspecified atom stereocenters. The van der Waals surface area contributed by atoms with E-state index in [0.29, 0.717) is 17.8 Å². The van der Waals surface area contributed by atoms with E-state index in [1.807, 2.05) is 13.8 Å². The molecule has 1 aliphatic heterocycles. The maximum atomic E-state index is 14.0. The maximum Gasteiger partial charge on any atom is 0.200 e. The van der Waals surface area contributed by atoms with Gasteiger partial charge in [-0.1, -0.05) is 23.5 Å². The number of allylic oxidation sites excluding steroid dienone is 1. The van der Waals surface area contributed by atoms with Crippen molar-refractivity contribution in [1.82, 2.24) is 0 Å². The lowest BCUT2D eigenvalue weighted by molar-refractivity contribution is 0.129. The highest BCUT2D eigenvalue weighted by Gasteiger charge is 2.53. The van der Waals surface area contributed by atoms with E-state index in [2.05, 4.69) is 6.58 Å². The lowest BCUT2D eigenvalue weighted by atomic mass is 9.77. The van der Waals surface area contributed by atoms with Gasteiger partial charge in [0.1, 0.15) is 0 Å². The normalized spacial score (nSPS) is 34.0. The minimum Gasteiger partial charge on any atom is -0.329 e. The van der Waals surface area contributed by atoms with E-state index in [1.54, 1.807) is 0 Å². The van der Waals surface area contributed by atoms with E-state index in [1.165, 1.54) is 11.4 Å². The topological polar surface area (TPSA) is 9.23 Å². The molecule has 4 atom stereocenters. The van der Waals surface area contributed by atoms with Gasteiger partial charge in [0.2, 0.25) is 5.82 Å². The number of halogens is 5. The van der Waals surface area contributed by atoms with Gasteiger partial charge in [-0.15, -0.1) is 0 Å². The summed E-state index contributed by atoms with van der Waals surface area (Å²) in [6.07, 6.45) is 2.15. The molecule has 1 heterocycles. The number of rotatable bonds is 3. The van der Waals surface area contributed by atoms with Gasteiger partial charge in [-0.3, -0.25) is 0 Å².